The molecule has 0 aromatic carbocycles. The smallest absolute Gasteiger partial charge is 0.232 e. The van der Waals surface area contributed by atoms with Crippen molar-refractivity contribution in [2.24, 2.45) is 5.92 Å². The predicted octanol–water partition coefficient (Wildman–Crippen LogP) is 2.64. The highest BCUT2D eigenvalue weighted by Crippen LogP contribution is 2.07. The summed E-state index contributed by atoms with van der Waals surface area (Å²) in [7, 11) is 0. The van der Waals surface area contributed by atoms with Gasteiger partial charge in [0.2, 0.25) is 5.88 Å². The number of hydrogen-bond donors (Lipinski definition) is 0. The van der Waals surface area contributed by atoms with Gasteiger partial charge in [0.05, 0.1) is 30.6 Å². The van der Waals surface area contributed by atoms with Crippen LogP contribution in [0.25, 0.3) is 0 Å². The van der Waals surface area contributed by atoms with Crippen molar-refractivity contribution in [3.63, 3.8) is 0 Å². The van der Waals surface area contributed by atoms with Gasteiger partial charge in [0, 0.05) is 0 Å². The van der Waals surface area contributed by atoms with E-state index >= 15 is 0 Å². The normalized spacial score (nSPS) is 10.6. The van der Waals surface area contributed by atoms with Gasteiger partial charge in [-0.1, -0.05) is 13.8 Å². The molecule has 0 fully saturated rings. The predicted molar refractivity (Wildman–Crippen MR) is 56.5 cm³/mol. The highest BCUT2D eigenvalue weighted by atomic mass is 35.5. The Morgan fingerprint density at radius 2 is 2.14 bits per heavy atom. The fraction of sp³-hybridized carbons (Fsp3) is 0.600. The molecule has 4 heteroatoms. The van der Waals surface area contributed by atoms with Gasteiger partial charge >= 0.3 is 0 Å². The van der Waals surface area contributed by atoms with Gasteiger partial charge in [-0.3, -0.25) is 4.98 Å². The molecule has 0 radical (unpaired) electrons. The molecule has 1 rings (SSSR count). The van der Waals surface area contributed by atoms with Crippen LogP contribution in [0.4, 0.5) is 0 Å². The van der Waals surface area contributed by atoms with Crippen molar-refractivity contribution in [2.75, 3.05) is 6.61 Å². The van der Waals surface area contributed by atoms with Gasteiger partial charge in [-0.05, 0) is 12.3 Å². The summed E-state index contributed by atoms with van der Waals surface area (Å²) in [6, 6.07) is 0. The maximum absolute atomic E-state index is 5.58. The maximum atomic E-state index is 5.58. The number of hydrogen-bond acceptors (Lipinski definition) is 3. The van der Waals surface area contributed by atoms with Crippen LogP contribution in [0.1, 0.15) is 26.0 Å². The number of nitrogens with zero attached hydrogens (tertiary/aromatic N) is 2. The van der Waals surface area contributed by atoms with Crippen molar-refractivity contribution in [1.82, 2.24) is 9.97 Å². The quantitative estimate of drug-likeness (QED) is 0.707. The second-order valence-corrected chi connectivity index (χ2v) is 3.78. The molecule has 1 aromatic rings. The lowest BCUT2D eigenvalue weighted by molar-refractivity contribution is 0.278. The van der Waals surface area contributed by atoms with Gasteiger partial charge in [0.1, 0.15) is 0 Å². The Bertz CT molecular complexity index is 261. The Kier molecular flexibility index (Phi) is 4.66. The van der Waals surface area contributed by atoms with Crippen LogP contribution in [-0.2, 0) is 5.88 Å². The third-order valence-electron chi connectivity index (χ3n) is 1.76. The first-order chi connectivity index (χ1) is 6.72. The fourth-order valence-electron chi connectivity index (χ4n) is 0.886. The van der Waals surface area contributed by atoms with Gasteiger partial charge in [-0.15, -0.1) is 11.6 Å². The Morgan fingerprint density at radius 1 is 1.36 bits per heavy atom. The Labute approximate surface area is 89.5 Å². The summed E-state index contributed by atoms with van der Waals surface area (Å²) in [5.74, 6) is 1.60. The molecule has 14 heavy (non-hydrogen) atoms. The van der Waals surface area contributed by atoms with Crippen LogP contribution in [-0.4, -0.2) is 16.6 Å². The molecule has 0 aliphatic heterocycles. The van der Waals surface area contributed by atoms with Gasteiger partial charge in [0.15, 0.2) is 0 Å². The third-order valence-corrected chi connectivity index (χ3v) is 2.04. The monoisotopic (exact) mass is 214 g/mol. The van der Waals surface area contributed by atoms with Gasteiger partial charge < -0.3 is 4.74 Å². The summed E-state index contributed by atoms with van der Waals surface area (Å²) >= 11 is 5.58. The van der Waals surface area contributed by atoms with Crippen LogP contribution in [0.2, 0.25) is 0 Å². The molecule has 78 valence electrons. The summed E-state index contributed by atoms with van der Waals surface area (Å²) in [5.41, 5.74) is 0.767. The van der Waals surface area contributed by atoms with E-state index in [0.29, 0.717) is 24.3 Å². The van der Waals surface area contributed by atoms with E-state index in [4.69, 9.17) is 16.3 Å². The van der Waals surface area contributed by atoms with E-state index in [0.717, 1.165) is 12.1 Å². The Balaban J connectivity index is 2.36. The SMILES string of the molecule is CC(C)CCOc1cnc(CCl)cn1. The summed E-state index contributed by atoms with van der Waals surface area (Å²) in [5, 5.41) is 0. The van der Waals surface area contributed by atoms with Crippen LogP contribution in [0, 0.1) is 5.92 Å². The average Bonchev–Trinajstić information content (AvgIpc) is 2.18. The van der Waals surface area contributed by atoms with Crippen LogP contribution >= 0.6 is 11.6 Å². The first kappa shape index (κ1) is 11.2. The molecule has 0 bridgehead atoms. The average molecular weight is 215 g/mol. The lowest BCUT2D eigenvalue weighted by Crippen LogP contribution is -2.03. The molecule has 0 atom stereocenters. The minimum Gasteiger partial charge on any atom is -0.477 e. The van der Waals surface area contributed by atoms with E-state index in [1.807, 2.05) is 0 Å². The summed E-state index contributed by atoms with van der Waals surface area (Å²) < 4.78 is 5.40. The molecule has 0 aliphatic carbocycles. The highest BCUT2D eigenvalue weighted by Gasteiger charge is 1.98. The molecule has 0 N–H and O–H groups in total. The van der Waals surface area contributed by atoms with Crippen molar-refractivity contribution in [3.8, 4) is 5.88 Å². The zero-order valence-electron chi connectivity index (χ0n) is 8.53. The number of alkyl halides is 1. The van der Waals surface area contributed by atoms with Crippen LogP contribution in [0.15, 0.2) is 12.4 Å². The number of ether oxygens (including phenoxy) is 1. The number of aromatic nitrogens is 2. The molecule has 0 aliphatic rings. The second kappa shape index (κ2) is 5.81. The van der Waals surface area contributed by atoms with Crippen LogP contribution < -0.4 is 4.74 Å². The topological polar surface area (TPSA) is 35.0 Å². The van der Waals surface area contributed by atoms with Crippen molar-refractivity contribution in [2.45, 2.75) is 26.1 Å². The van der Waals surface area contributed by atoms with Crippen molar-refractivity contribution in [3.05, 3.63) is 18.1 Å². The lowest BCUT2D eigenvalue weighted by Gasteiger charge is -2.06. The van der Waals surface area contributed by atoms with Crippen LogP contribution in [0.5, 0.6) is 5.88 Å². The molecule has 0 saturated carbocycles. The minimum absolute atomic E-state index is 0.388. The molecule has 0 saturated heterocycles. The Hall–Kier alpha value is -0.830. The largest absolute Gasteiger partial charge is 0.477 e. The first-order valence-corrected chi connectivity index (χ1v) is 5.25. The first-order valence-electron chi connectivity index (χ1n) is 4.72. The van der Waals surface area contributed by atoms with E-state index in [1.54, 1.807) is 12.4 Å². The van der Waals surface area contributed by atoms with E-state index in [-0.39, 0.29) is 0 Å². The van der Waals surface area contributed by atoms with E-state index in [2.05, 4.69) is 23.8 Å². The van der Waals surface area contributed by atoms with Crippen LogP contribution in [0.3, 0.4) is 0 Å². The summed E-state index contributed by atoms with van der Waals surface area (Å²) in [4.78, 5) is 8.15. The molecule has 0 unspecified atom stereocenters. The van der Waals surface area contributed by atoms with Crippen molar-refractivity contribution in [1.29, 1.82) is 0 Å². The maximum Gasteiger partial charge on any atom is 0.232 e. The number of rotatable bonds is 5. The van der Waals surface area contributed by atoms with Gasteiger partial charge in [-0.2, -0.15) is 0 Å². The summed E-state index contributed by atoms with van der Waals surface area (Å²) in [6.45, 7) is 5.00. The van der Waals surface area contributed by atoms with Gasteiger partial charge in [0.25, 0.3) is 0 Å². The van der Waals surface area contributed by atoms with Crippen molar-refractivity contribution >= 4 is 11.6 Å². The summed E-state index contributed by atoms with van der Waals surface area (Å²) in [6.07, 6.45) is 4.27. The van der Waals surface area contributed by atoms with Gasteiger partial charge in [-0.25, -0.2) is 4.98 Å². The highest BCUT2D eigenvalue weighted by molar-refractivity contribution is 6.16. The standard InChI is InChI=1S/C10H15ClN2O/c1-8(2)3-4-14-10-7-12-9(5-11)6-13-10/h6-8H,3-5H2,1-2H3. The molecule has 3 nitrogen and oxygen atoms in total. The minimum atomic E-state index is 0.388. The van der Waals surface area contributed by atoms with E-state index in [1.165, 1.54) is 0 Å². The van der Waals surface area contributed by atoms with E-state index < -0.39 is 0 Å². The molecule has 1 heterocycles. The zero-order chi connectivity index (χ0) is 10.4. The zero-order valence-corrected chi connectivity index (χ0v) is 9.29. The fourth-order valence-corrected chi connectivity index (χ4v) is 1.02. The Morgan fingerprint density at radius 3 is 2.64 bits per heavy atom. The number of halogens is 1. The lowest BCUT2D eigenvalue weighted by atomic mass is 10.1. The molecule has 0 spiro atoms. The molecule has 1 aromatic heterocycles. The molecular weight excluding hydrogens is 200 g/mol. The van der Waals surface area contributed by atoms with Crippen molar-refractivity contribution < 1.29 is 4.74 Å². The molecule has 0 amide bonds. The molecular formula is C10H15ClN2O. The third kappa shape index (κ3) is 3.92. The van der Waals surface area contributed by atoms with E-state index in [9.17, 15) is 0 Å². The second-order valence-electron chi connectivity index (χ2n) is 3.51.